The third-order valence-electron chi connectivity index (χ3n) is 7.22. The maximum atomic E-state index is 13.3. The monoisotopic (exact) mass is 641 g/mol. The number of carbonyl (C=O) groups excluding carboxylic acids is 3. The summed E-state index contributed by atoms with van der Waals surface area (Å²) in [7, 11) is 1.50. The molecule has 3 aromatic carbocycles. The second-order valence-electron chi connectivity index (χ2n) is 12.0. The van der Waals surface area contributed by atoms with Crippen LogP contribution in [0.2, 0.25) is 0 Å². The van der Waals surface area contributed by atoms with Crippen LogP contribution in [0.25, 0.3) is 0 Å². The fraction of sp³-hybridized carbons (Fsp3) is 0.382. The Labute approximate surface area is 266 Å². The third kappa shape index (κ3) is 9.63. The Morgan fingerprint density at radius 3 is 2.28 bits per heavy atom. The number of hydrogen-bond acceptors (Lipinski definition) is 6. The highest BCUT2D eigenvalue weighted by atomic mass is 19.4. The lowest BCUT2D eigenvalue weighted by atomic mass is 10.0. The van der Waals surface area contributed by atoms with Gasteiger partial charge in [-0.2, -0.15) is 13.2 Å². The molecule has 1 aliphatic rings. The standard InChI is InChI=1S/C34H38F3N3O6/c1-33(2,3)46-31(42)39(20-24-10-14-27(15-11-24)34(35,36)37)21-26-19-29(44-4)16-12-25(26)13-17-30(41)38-40-28(22-45-32(40)43)18-23-8-6-5-7-9-23/h5-12,14-16,19,28H,13,17-18,20-22H2,1-4H3,(H,38,41)/t28-/m1/s1. The molecule has 1 fully saturated rings. The van der Waals surface area contributed by atoms with Gasteiger partial charge in [0.2, 0.25) is 5.91 Å². The van der Waals surface area contributed by atoms with E-state index in [1.807, 2.05) is 30.3 Å². The number of aryl methyl sites for hydroxylation is 1. The predicted molar refractivity (Wildman–Crippen MR) is 164 cm³/mol. The summed E-state index contributed by atoms with van der Waals surface area (Å²) in [6, 6.07) is 19.1. The van der Waals surface area contributed by atoms with Gasteiger partial charge in [0.15, 0.2) is 0 Å². The lowest BCUT2D eigenvalue weighted by Gasteiger charge is -2.28. The Morgan fingerprint density at radius 2 is 1.65 bits per heavy atom. The zero-order valence-corrected chi connectivity index (χ0v) is 26.2. The van der Waals surface area contributed by atoms with Crippen molar-refractivity contribution in [1.29, 1.82) is 0 Å². The minimum atomic E-state index is -4.48. The van der Waals surface area contributed by atoms with E-state index in [0.717, 1.165) is 23.3 Å². The second kappa shape index (κ2) is 14.6. The molecule has 1 N–H and O–H groups in total. The number of hydrogen-bond donors (Lipinski definition) is 1. The summed E-state index contributed by atoms with van der Waals surface area (Å²) < 4.78 is 55.6. The van der Waals surface area contributed by atoms with Crippen molar-refractivity contribution in [3.63, 3.8) is 0 Å². The minimum absolute atomic E-state index is 0.0203. The second-order valence-corrected chi connectivity index (χ2v) is 12.0. The molecule has 3 aromatic rings. The van der Waals surface area contributed by atoms with Crippen molar-refractivity contribution in [2.45, 2.75) is 70.9 Å². The van der Waals surface area contributed by atoms with E-state index in [9.17, 15) is 27.6 Å². The van der Waals surface area contributed by atoms with Crippen LogP contribution in [0, 0.1) is 0 Å². The molecule has 1 aliphatic heterocycles. The molecule has 0 aliphatic carbocycles. The van der Waals surface area contributed by atoms with Gasteiger partial charge in [-0.25, -0.2) is 14.6 Å². The molecule has 0 unspecified atom stereocenters. The van der Waals surface area contributed by atoms with Gasteiger partial charge < -0.3 is 14.2 Å². The highest BCUT2D eigenvalue weighted by molar-refractivity contribution is 5.80. The predicted octanol–water partition coefficient (Wildman–Crippen LogP) is 6.68. The molecule has 4 rings (SSSR count). The summed E-state index contributed by atoms with van der Waals surface area (Å²) >= 11 is 0. The number of amides is 3. The first-order valence-electron chi connectivity index (χ1n) is 14.8. The normalized spacial score (nSPS) is 14.9. The van der Waals surface area contributed by atoms with Crippen LogP contribution in [-0.2, 0) is 46.4 Å². The maximum absolute atomic E-state index is 13.3. The largest absolute Gasteiger partial charge is 0.497 e. The summed E-state index contributed by atoms with van der Waals surface area (Å²) in [6.07, 6.45) is -4.98. The quantitative estimate of drug-likeness (QED) is 0.251. The summed E-state index contributed by atoms with van der Waals surface area (Å²) in [5.74, 6) is 0.123. The number of carbonyl (C=O) groups is 3. The summed E-state index contributed by atoms with van der Waals surface area (Å²) in [6.45, 7) is 5.31. The van der Waals surface area contributed by atoms with Crippen molar-refractivity contribution in [3.05, 3.63) is 101 Å². The van der Waals surface area contributed by atoms with Gasteiger partial charge in [0.1, 0.15) is 18.0 Å². The maximum Gasteiger partial charge on any atom is 0.429 e. The SMILES string of the molecule is COc1ccc(CCC(=O)NN2C(=O)OC[C@H]2Cc2ccccc2)c(CN(Cc2ccc(C(F)(F)F)cc2)C(=O)OC(C)(C)C)c1. The highest BCUT2D eigenvalue weighted by Crippen LogP contribution is 2.30. The Morgan fingerprint density at radius 1 is 0.957 bits per heavy atom. The van der Waals surface area contributed by atoms with E-state index in [4.69, 9.17) is 14.2 Å². The molecule has 1 atom stereocenters. The van der Waals surface area contributed by atoms with Gasteiger partial charge in [0.05, 0.1) is 18.7 Å². The van der Waals surface area contributed by atoms with E-state index < -0.39 is 35.4 Å². The van der Waals surface area contributed by atoms with Crippen LogP contribution >= 0.6 is 0 Å². The molecule has 0 aromatic heterocycles. The van der Waals surface area contributed by atoms with Gasteiger partial charge in [-0.15, -0.1) is 0 Å². The number of cyclic esters (lactones) is 1. The number of rotatable bonds is 11. The van der Waals surface area contributed by atoms with E-state index in [0.29, 0.717) is 23.3 Å². The average molecular weight is 642 g/mol. The third-order valence-corrected chi connectivity index (χ3v) is 7.22. The van der Waals surface area contributed by atoms with Crippen LogP contribution < -0.4 is 10.2 Å². The molecule has 0 radical (unpaired) electrons. The zero-order valence-electron chi connectivity index (χ0n) is 26.2. The molecule has 3 amide bonds. The number of ether oxygens (including phenoxy) is 3. The Bertz CT molecular complexity index is 1510. The Balaban J connectivity index is 1.49. The topological polar surface area (TPSA) is 97.4 Å². The van der Waals surface area contributed by atoms with Gasteiger partial charge in [0.25, 0.3) is 0 Å². The van der Waals surface area contributed by atoms with Crippen molar-refractivity contribution in [3.8, 4) is 5.75 Å². The zero-order chi connectivity index (χ0) is 33.5. The number of hydrazine groups is 1. The molecule has 12 heteroatoms. The van der Waals surface area contributed by atoms with Crippen molar-refractivity contribution in [2.24, 2.45) is 0 Å². The van der Waals surface area contributed by atoms with Gasteiger partial charge in [0, 0.05) is 19.5 Å². The van der Waals surface area contributed by atoms with Crippen LogP contribution in [0.1, 0.15) is 55.0 Å². The van der Waals surface area contributed by atoms with Gasteiger partial charge in [-0.3, -0.25) is 15.1 Å². The van der Waals surface area contributed by atoms with Crippen molar-refractivity contribution in [2.75, 3.05) is 13.7 Å². The first-order chi connectivity index (χ1) is 21.7. The van der Waals surface area contributed by atoms with Crippen molar-refractivity contribution in [1.82, 2.24) is 15.3 Å². The van der Waals surface area contributed by atoms with Crippen molar-refractivity contribution >= 4 is 18.1 Å². The van der Waals surface area contributed by atoms with E-state index in [1.54, 1.807) is 39.0 Å². The molecule has 1 heterocycles. The van der Waals surface area contributed by atoms with Crippen LogP contribution in [0.4, 0.5) is 22.8 Å². The lowest BCUT2D eigenvalue weighted by molar-refractivity contribution is -0.137. The first kappa shape index (κ1) is 34.1. The van der Waals surface area contributed by atoms with Crippen LogP contribution in [0.3, 0.4) is 0 Å². The smallest absolute Gasteiger partial charge is 0.429 e. The lowest BCUT2D eigenvalue weighted by Crippen LogP contribution is -2.48. The highest BCUT2D eigenvalue weighted by Gasteiger charge is 2.34. The molecular formula is C34H38F3N3O6. The molecular weight excluding hydrogens is 603 g/mol. The number of alkyl halides is 3. The molecule has 246 valence electrons. The number of methoxy groups -OCH3 is 1. The van der Waals surface area contributed by atoms with E-state index in [-0.39, 0.29) is 38.6 Å². The van der Waals surface area contributed by atoms with Crippen LogP contribution in [0.15, 0.2) is 72.8 Å². The number of nitrogens with zero attached hydrogens (tertiary/aromatic N) is 2. The number of benzene rings is 3. The molecule has 0 spiro atoms. The van der Waals surface area contributed by atoms with Crippen LogP contribution in [-0.4, -0.2) is 53.4 Å². The van der Waals surface area contributed by atoms with E-state index in [1.165, 1.54) is 29.2 Å². The minimum Gasteiger partial charge on any atom is -0.497 e. The fourth-order valence-electron chi connectivity index (χ4n) is 4.93. The van der Waals surface area contributed by atoms with E-state index in [2.05, 4.69) is 5.43 Å². The van der Waals surface area contributed by atoms with Gasteiger partial charge in [-0.1, -0.05) is 48.5 Å². The number of halogens is 3. The molecule has 9 nitrogen and oxygen atoms in total. The summed E-state index contributed by atoms with van der Waals surface area (Å²) in [5, 5.41) is 1.22. The van der Waals surface area contributed by atoms with Gasteiger partial charge in [-0.05, 0) is 80.1 Å². The molecule has 46 heavy (non-hydrogen) atoms. The Hall–Kier alpha value is -4.74. The van der Waals surface area contributed by atoms with E-state index >= 15 is 0 Å². The van der Waals surface area contributed by atoms with Crippen molar-refractivity contribution < 1.29 is 41.8 Å². The van der Waals surface area contributed by atoms with Gasteiger partial charge >= 0.3 is 18.4 Å². The average Bonchev–Trinajstić information content (AvgIpc) is 3.33. The summed E-state index contributed by atoms with van der Waals surface area (Å²) in [5.41, 5.74) is 3.94. The fourth-order valence-corrected chi connectivity index (χ4v) is 4.93. The molecule has 0 bridgehead atoms. The summed E-state index contributed by atoms with van der Waals surface area (Å²) in [4.78, 5) is 40.1. The van der Waals surface area contributed by atoms with Crippen LogP contribution in [0.5, 0.6) is 5.75 Å². The number of nitrogens with one attached hydrogen (secondary N) is 1. The Kier molecular flexibility index (Phi) is 10.8. The molecule has 0 saturated carbocycles. The molecule has 1 saturated heterocycles. The first-order valence-corrected chi connectivity index (χ1v) is 14.8.